The molecular weight excluding hydrogens is 1750 g/mol. The minimum atomic E-state index is -0.666. The fourth-order valence-electron chi connectivity index (χ4n) is 17.1. The zero-order valence-electron chi connectivity index (χ0n) is 81.7. The van der Waals surface area contributed by atoms with E-state index in [1.165, 1.54) is 33.4 Å². The zero-order chi connectivity index (χ0) is 96.5. The van der Waals surface area contributed by atoms with Crippen molar-refractivity contribution in [3.05, 3.63) is 309 Å². The van der Waals surface area contributed by atoms with E-state index in [1.54, 1.807) is 56.9 Å². The van der Waals surface area contributed by atoms with Crippen LogP contribution in [0.2, 0.25) is 0 Å². The van der Waals surface area contributed by atoms with E-state index in [9.17, 15) is 0 Å². The average Bonchev–Trinajstić information content (AvgIpc) is 1.54. The van der Waals surface area contributed by atoms with Crippen LogP contribution in [0.3, 0.4) is 0 Å². The van der Waals surface area contributed by atoms with Crippen LogP contribution in [0.15, 0.2) is 243 Å². The van der Waals surface area contributed by atoms with Gasteiger partial charge in [0.15, 0.2) is 0 Å². The SMILES string of the molecule is COCCOc1cc(OCCOC)cc(-c2cc(C)cc(OCCOCCOCCOc3cc(C)cc(-c4cc(OCCOC)cc(OCCOC)c4)c3)c2)c1.COCCOc1ccc(C2(c3ccc(OCCOC)cc3)c3cc(C)ccc3-c3ccc(OCCOCCOCCOc4ccc5c(c4)C(c4ccc(OCCOC)cc4)(c4ccc(OCCOC)cc4)c4cc(C)ccc4-5)cc32)cc1. The number of rotatable bonds is 60. The van der Waals surface area contributed by atoms with Crippen LogP contribution < -0.4 is 56.8 Å². The summed E-state index contributed by atoms with van der Waals surface area (Å²) in [6.07, 6.45) is 0. The van der Waals surface area contributed by atoms with Crippen LogP contribution in [-0.4, -0.2) is 242 Å². The van der Waals surface area contributed by atoms with Crippen molar-refractivity contribution in [2.75, 3.05) is 242 Å². The second-order valence-electron chi connectivity index (χ2n) is 33.1. The molecule has 0 saturated heterocycles. The second-order valence-corrected chi connectivity index (χ2v) is 33.1. The molecule has 0 bridgehead atoms. The van der Waals surface area contributed by atoms with Crippen molar-refractivity contribution in [2.45, 2.75) is 38.5 Å². The maximum absolute atomic E-state index is 6.47. The summed E-state index contributed by atoms with van der Waals surface area (Å²) in [7, 11) is 13.3. The van der Waals surface area contributed by atoms with Gasteiger partial charge in [-0.1, -0.05) is 120 Å². The highest BCUT2D eigenvalue weighted by Gasteiger charge is 2.48. The van der Waals surface area contributed by atoms with Gasteiger partial charge >= 0.3 is 0 Å². The number of benzene rings is 12. The molecule has 2 aliphatic rings. The molecule has 138 heavy (non-hydrogen) atoms. The molecule has 732 valence electrons. The van der Waals surface area contributed by atoms with Crippen molar-refractivity contribution >= 4 is 0 Å². The van der Waals surface area contributed by atoms with Crippen molar-refractivity contribution in [2.24, 2.45) is 0 Å². The van der Waals surface area contributed by atoms with Crippen LogP contribution in [0.5, 0.6) is 69.0 Å². The maximum atomic E-state index is 6.47. The first-order valence-electron chi connectivity index (χ1n) is 47.0. The van der Waals surface area contributed by atoms with Crippen LogP contribution in [0, 0.1) is 27.7 Å². The predicted octanol–water partition coefficient (Wildman–Crippen LogP) is 19.9. The molecule has 0 atom stereocenters. The van der Waals surface area contributed by atoms with Crippen LogP contribution in [-0.2, 0) is 67.7 Å². The van der Waals surface area contributed by atoms with E-state index in [-0.39, 0.29) is 0 Å². The Morgan fingerprint density at radius 3 is 0.587 bits per heavy atom. The lowest BCUT2D eigenvalue weighted by atomic mass is 9.67. The lowest BCUT2D eigenvalue weighted by Crippen LogP contribution is -2.28. The van der Waals surface area contributed by atoms with Gasteiger partial charge in [0, 0.05) is 69.0 Å². The van der Waals surface area contributed by atoms with Crippen molar-refractivity contribution in [3.8, 4) is 114 Å². The van der Waals surface area contributed by atoms with Gasteiger partial charge in [0.2, 0.25) is 0 Å². The molecule has 24 heteroatoms. The quantitative estimate of drug-likeness (QED) is 0.0323. The first-order chi connectivity index (χ1) is 67.7. The molecule has 0 aliphatic heterocycles. The number of ether oxygens (including phenoxy) is 24. The Kier molecular flexibility index (Phi) is 40.5. The van der Waals surface area contributed by atoms with E-state index >= 15 is 0 Å². The standard InChI is InChI=1S/C70H74O12.C44H58O12/c1-49-7-27-61-63-29-25-59(47-67(63)69(65(61)45-49,51-9-17-55(18-10-51)77-39-31-71-3)52-11-19-56(20-12-52)78-40-32-72-4)81-43-37-75-35-36-76-38-44-82-60-26-30-64-62-28-8-50(2)46-66(62)70(68(64)48-60,53-13-21-57(22-14-53)79-41-33-73-5)54-15-23-58(24-16-54)80-42-34-74-6;1-33-21-35(37-27-41(51-15-7-45-3)31-42(28-37)52-16-8-46-4)25-39(23-33)55-19-13-49-11-12-50-14-20-56-40-24-34(2)22-36(26-40)38-29-43(53-17-9-47-5)32-44(30-38)54-18-10-48-6/h7-30,45-48H,31-44H2,1-6H3;21-32H,7-20H2,1-6H3. The number of hydrogen-bond donors (Lipinski definition) is 0. The molecule has 0 amide bonds. The second kappa shape index (κ2) is 54.2. The van der Waals surface area contributed by atoms with Crippen LogP contribution >= 0.6 is 0 Å². The van der Waals surface area contributed by atoms with Crippen LogP contribution in [0.1, 0.15) is 66.8 Å². The van der Waals surface area contributed by atoms with Gasteiger partial charge in [-0.25, -0.2) is 0 Å². The summed E-state index contributed by atoms with van der Waals surface area (Å²) in [5.74, 6) is 8.94. The van der Waals surface area contributed by atoms with E-state index in [0.29, 0.717) is 208 Å². The molecule has 12 aromatic rings. The Morgan fingerprint density at radius 2 is 0.341 bits per heavy atom. The smallest absolute Gasteiger partial charge is 0.123 e. The monoisotopic (exact) mass is 1880 g/mol. The van der Waals surface area contributed by atoms with E-state index in [1.807, 2.05) is 123 Å². The highest BCUT2D eigenvalue weighted by atomic mass is 16.6. The summed E-state index contributed by atoms with van der Waals surface area (Å²) >= 11 is 0. The van der Waals surface area contributed by atoms with Gasteiger partial charge in [0.25, 0.3) is 0 Å². The first-order valence-corrected chi connectivity index (χ1v) is 47.0. The topological polar surface area (TPSA) is 222 Å². The molecule has 2 aliphatic carbocycles. The average molecular weight is 1890 g/mol. The lowest BCUT2D eigenvalue weighted by Gasteiger charge is -2.34. The molecule has 0 heterocycles. The summed E-state index contributed by atoms with van der Waals surface area (Å²) in [4.78, 5) is 0. The molecule has 14 rings (SSSR count). The van der Waals surface area contributed by atoms with Crippen molar-refractivity contribution in [3.63, 3.8) is 0 Å². The van der Waals surface area contributed by atoms with Gasteiger partial charge in [0.1, 0.15) is 148 Å². The molecule has 0 unspecified atom stereocenters. The minimum absolute atomic E-state index is 0.365. The molecule has 0 N–H and O–H groups in total. The van der Waals surface area contributed by atoms with E-state index in [2.05, 4.69) is 147 Å². The van der Waals surface area contributed by atoms with Crippen molar-refractivity contribution in [1.29, 1.82) is 0 Å². The van der Waals surface area contributed by atoms with Gasteiger partial charge in [-0.05, 0) is 249 Å². The highest BCUT2D eigenvalue weighted by Crippen LogP contribution is 2.60. The number of fused-ring (bicyclic) bond motifs is 6. The largest absolute Gasteiger partial charge is 0.491 e. The van der Waals surface area contributed by atoms with Crippen LogP contribution in [0.25, 0.3) is 44.5 Å². The van der Waals surface area contributed by atoms with Gasteiger partial charge in [0.05, 0.1) is 117 Å². The highest BCUT2D eigenvalue weighted by molar-refractivity contribution is 5.89. The van der Waals surface area contributed by atoms with Gasteiger partial charge in [-0.2, -0.15) is 0 Å². The summed E-state index contributed by atoms with van der Waals surface area (Å²) in [5.41, 5.74) is 20.8. The summed E-state index contributed by atoms with van der Waals surface area (Å²) in [6.45, 7) is 20.8. The van der Waals surface area contributed by atoms with Crippen molar-refractivity contribution < 1.29 is 114 Å². The fraction of sp³-hybridized carbons (Fsp3) is 0.368. The fourth-order valence-corrected chi connectivity index (χ4v) is 17.1. The number of hydrogen-bond acceptors (Lipinski definition) is 24. The number of aryl methyl sites for hydroxylation is 4. The van der Waals surface area contributed by atoms with E-state index < -0.39 is 10.8 Å². The molecule has 24 nitrogen and oxygen atoms in total. The van der Waals surface area contributed by atoms with Gasteiger partial charge in [-0.3, -0.25) is 0 Å². The van der Waals surface area contributed by atoms with Gasteiger partial charge in [-0.15, -0.1) is 0 Å². The summed E-state index contributed by atoms with van der Waals surface area (Å²) in [6, 6.07) is 84.0. The molecule has 0 radical (unpaired) electrons. The normalized spacial score (nSPS) is 12.3. The predicted molar refractivity (Wildman–Crippen MR) is 534 cm³/mol. The molecular formula is C114H132O24. The zero-order valence-corrected chi connectivity index (χ0v) is 81.7. The first kappa shape index (κ1) is 103. The summed E-state index contributed by atoms with van der Waals surface area (Å²) in [5, 5.41) is 0. The third-order valence-electron chi connectivity index (χ3n) is 23.4. The van der Waals surface area contributed by atoms with E-state index in [0.717, 1.165) is 124 Å². The van der Waals surface area contributed by atoms with E-state index in [4.69, 9.17) is 114 Å². The molecule has 0 spiro atoms. The van der Waals surface area contributed by atoms with Crippen LogP contribution in [0.4, 0.5) is 0 Å². The van der Waals surface area contributed by atoms with Gasteiger partial charge < -0.3 is 114 Å². The Balaban J connectivity index is 0.000000251. The Bertz CT molecular complexity index is 5200. The van der Waals surface area contributed by atoms with Crippen molar-refractivity contribution in [1.82, 2.24) is 0 Å². The molecule has 0 fully saturated rings. The Labute approximate surface area is 812 Å². The summed E-state index contributed by atoms with van der Waals surface area (Å²) < 4.78 is 138. The number of methoxy groups -OCH3 is 8. The Hall–Kier alpha value is -12.2. The Morgan fingerprint density at radius 1 is 0.152 bits per heavy atom. The third kappa shape index (κ3) is 28.1. The molecule has 12 aromatic carbocycles. The minimum Gasteiger partial charge on any atom is -0.491 e. The molecule has 0 aromatic heterocycles. The third-order valence-corrected chi connectivity index (χ3v) is 23.4. The maximum Gasteiger partial charge on any atom is 0.123 e. The lowest BCUT2D eigenvalue weighted by molar-refractivity contribution is 0.0273. The molecule has 0 saturated carbocycles.